The lowest BCUT2D eigenvalue weighted by Crippen LogP contribution is -2.30. The Bertz CT molecular complexity index is 1490. The van der Waals surface area contributed by atoms with Crippen LogP contribution < -0.4 is 0 Å². The predicted octanol–water partition coefficient (Wildman–Crippen LogP) is 6.91. The van der Waals surface area contributed by atoms with Gasteiger partial charge in [0.05, 0.1) is 32.9 Å². The molecule has 0 aliphatic heterocycles. The maximum Gasteiger partial charge on any atom is 0.248 e. The van der Waals surface area contributed by atoms with Gasteiger partial charge in [-0.2, -0.15) is 0 Å². The third-order valence-electron chi connectivity index (χ3n) is 6.69. The molecule has 1 atom stereocenters. The van der Waals surface area contributed by atoms with Gasteiger partial charge in [0.25, 0.3) is 0 Å². The molecular weight excluding hydrogens is 529 g/mol. The molecule has 2 aromatic carbocycles. The quantitative estimate of drug-likeness (QED) is 0.277. The Balaban J connectivity index is 1.86. The summed E-state index contributed by atoms with van der Waals surface area (Å²) < 4.78 is 70.7. The summed E-state index contributed by atoms with van der Waals surface area (Å²) in [6, 6.07) is 13.4. The number of halogens is 4. The second-order valence-electron chi connectivity index (χ2n) is 9.01. The zero-order chi connectivity index (χ0) is 24.3. The summed E-state index contributed by atoms with van der Waals surface area (Å²) in [6.45, 7) is 0. The van der Waals surface area contributed by atoms with E-state index in [0.29, 0.717) is 33.9 Å². The normalized spacial score (nSPS) is 17.9. The van der Waals surface area contributed by atoms with Crippen molar-refractivity contribution in [3.05, 3.63) is 70.6 Å². The van der Waals surface area contributed by atoms with Crippen LogP contribution in [0.4, 0.5) is 13.2 Å². The summed E-state index contributed by atoms with van der Waals surface area (Å²) in [7, 11) is -3.69. The van der Waals surface area contributed by atoms with Crippen molar-refractivity contribution in [1.82, 2.24) is 9.55 Å². The first-order chi connectivity index (χ1) is 16.0. The number of hydrogen-bond donors (Lipinski definition) is 0. The summed E-state index contributed by atoms with van der Waals surface area (Å²) in [5, 5.41) is 0.219. The highest BCUT2D eigenvalue weighted by atomic mass is 79.9. The smallest absolute Gasteiger partial charge is 0.248 e. The van der Waals surface area contributed by atoms with Crippen molar-refractivity contribution in [1.29, 1.82) is 0 Å². The number of alkyl halides is 2. The van der Waals surface area contributed by atoms with Crippen molar-refractivity contribution >= 4 is 47.7 Å². The highest BCUT2D eigenvalue weighted by Gasteiger charge is 2.39. The first-order valence-electron chi connectivity index (χ1n) is 11.0. The van der Waals surface area contributed by atoms with Crippen LogP contribution in [-0.2, 0) is 9.84 Å². The molecule has 1 saturated carbocycles. The molecule has 1 fully saturated rings. The predicted molar refractivity (Wildman–Crippen MR) is 129 cm³/mol. The molecule has 1 aliphatic rings. The largest absolute Gasteiger partial charge is 0.331 e. The minimum atomic E-state index is -3.69. The van der Waals surface area contributed by atoms with Gasteiger partial charge in [-0.3, -0.25) is 4.98 Å². The molecule has 1 aliphatic carbocycles. The summed E-state index contributed by atoms with van der Waals surface area (Å²) in [5.74, 6) is -3.53. The Morgan fingerprint density at radius 2 is 1.76 bits per heavy atom. The van der Waals surface area contributed by atoms with Gasteiger partial charge in [0, 0.05) is 29.8 Å². The van der Waals surface area contributed by atoms with Gasteiger partial charge in [0.1, 0.15) is 5.82 Å². The van der Waals surface area contributed by atoms with E-state index in [9.17, 15) is 17.2 Å². The van der Waals surface area contributed by atoms with Gasteiger partial charge >= 0.3 is 0 Å². The highest BCUT2D eigenvalue weighted by molar-refractivity contribution is 9.10. The molecule has 0 spiro atoms. The van der Waals surface area contributed by atoms with E-state index in [-0.39, 0.29) is 29.0 Å². The van der Waals surface area contributed by atoms with Crippen LogP contribution in [0.15, 0.2) is 64.1 Å². The number of aromatic nitrogens is 2. The summed E-state index contributed by atoms with van der Waals surface area (Å²) in [5.41, 5.74) is 2.28. The second kappa shape index (κ2) is 8.37. The van der Waals surface area contributed by atoms with E-state index in [1.807, 2.05) is 41.0 Å². The van der Waals surface area contributed by atoms with Crippen molar-refractivity contribution in [3.63, 3.8) is 0 Å². The molecule has 1 unspecified atom stereocenters. The van der Waals surface area contributed by atoms with Crippen LogP contribution in [0.5, 0.6) is 0 Å². The third-order valence-corrected chi connectivity index (χ3v) is 8.21. The van der Waals surface area contributed by atoms with Crippen molar-refractivity contribution in [2.45, 2.75) is 42.5 Å². The minimum absolute atomic E-state index is 0.136. The number of fused-ring (bicyclic) bond motifs is 3. The third kappa shape index (κ3) is 4.13. The fourth-order valence-electron chi connectivity index (χ4n) is 5.10. The van der Waals surface area contributed by atoms with Crippen LogP contribution in [0.3, 0.4) is 0 Å². The molecule has 0 bridgehead atoms. The van der Waals surface area contributed by atoms with Gasteiger partial charge in [-0.1, -0.05) is 30.3 Å². The topological polar surface area (TPSA) is 52.0 Å². The molecule has 5 rings (SSSR count). The number of sulfone groups is 1. The van der Waals surface area contributed by atoms with Crippen LogP contribution in [-0.4, -0.2) is 30.1 Å². The van der Waals surface area contributed by atoms with Gasteiger partial charge in [-0.15, -0.1) is 0 Å². The Kier molecular flexibility index (Phi) is 5.75. The number of benzene rings is 2. The Morgan fingerprint density at radius 1 is 1.09 bits per heavy atom. The number of rotatable bonds is 4. The molecule has 4 aromatic rings. The molecular formula is C25H22BrF3N2O2S. The van der Waals surface area contributed by atoms with Crippen LogP contribution in [0.1, 0.15) is 37.3 Å². The molecule has 0 amide bonds. The Morgan fingerprint density at radius 3 is 2.41 bits per heavy atom. The molecule has 9 heteroatoms. The number of pyridine rings is 1. The lowest BCUT2D eigenvalue weighted by Gasteiger charge is -2.35. The standard InChI is InChI=1S/C25H22BrF3N2O2S/c1-34(32,33)18-12-19(27)22-20(13-18)31(21-11-17(26)14-30-23(21)22)24(15-5-3-2-4-6-15)16-7-9-25(28,29)10-8-16/h2-6,11-14,16,24H,7-10H2,1H3. The van der Waals surface area contributed by atoms with Gasteiger partial charge < -0.3 is 4.57 Å². The number of hydrogen-bond acceptors (Lipinski definition) is 3. The van der Waals surface area contributed by atoms with Crippen molar-refractivity contribution < 1.29 is 21.6 Å². The molecule has 0 N–H and O–H groups in total. The SMILES string of the molecule is CS(=O)(=O)c1cc(F)c2c3ncc(Br)cc3n(C(c3ccccc3)C3CCC(F)(F)CC3)c2c1. The summed E-state index contributed by atoms with van der Waals surface area (Å²) in [6.07, 6.45) is 2.75. The van der Waals surface area contributed by atoms with Crippen LogP contribution in [0.25, 0.3) is 21.9 Å². The van der Waals surface area contributed by atoms with Gasteiger partial charge in [0.15, 0.2) is 9.84 Å². The van der Waals surface area contributed by atoms with Crippen molar-refractivity contribution in [3.8, 4) is 0 Å². The van der Waals surface area contributed by atoms with E-state index in [1.165, 1.54) is 6.07 Å². The van der Waals surface area contributed by atoms with Crippen molar-refractivity contribution in [2.24, 2.45) is 5.92 Å². The van der Waals surface area contributed by atoms with Gasteiger partial charge in [-0.05, 0) is 58.5 Å². The van der Waals surface area contributed by atoms with Crippen LogP contribution in [0, 0.1) is 11.7 Å². The maximum absolute atomic E-state index is 15.4. The molecule has 4 nitrogen and oxygen atoms in total. The fourth-order valence-corrected chi connectivity index (χ4v) is 6.06. The van der Waals surface area contributed by atoms with Crippen LogP contribution >= 0.6 is 15.9 Å². The van der Waals surface area contributed by atoms with Gasteiger partial charge in [-0.25, -0.2) is 21.6 Å². The Hall–Kier alpha value is -2.39. The molecule has 2 heterocycles. The molecule has 178 valence electrons. The first kappa shape index (κ1) is 23.4. The second-order valence-corrected chi connectivity index (χ2v) is 11.9. The van der Waals surface area contributed by atoms with Crippen LogP contribution in [0.2, 0.25) is 0 Å². The van der Waals surface area contributed by atoms with E-state index >= 15 is 4.39 Å². The lowest BCUT2D eigenvalue weighted by molar-refractivity contribution is -0.0493. The zero-order valence-electron chi connectivity index (χ0n) is 18.3. The van der Waals surface area contributed by atoms with Gasteiger partial charge in [0.2, 0.25) is 5.92 Å². The molecule has 2 aromatic heterocycles. The van der Waals surface area contributed by atoms with Crippen molar-refractivity contribution in [2.75, 3.05) is 6.26 Å². The Labute approximate surface area is 203 Å². The fraction of sp³-hybridized carbons (Fsp3) is 0.320. The first-order valence-corrected chi connectivity index (χ1v) is 13.7. The average Bonchev–Trinajstić information content (AvgIpc) is 3.09. The zero-order valence-corrected chi connectivity index (χ0v) is 20.7. The molecule has 0 radical (unpaired) electrons. The van der Waals surface area contributed by atoms with E-state index in [0.717, 1.165) is 17.9 Å². The maximum atomic E-state index is 15.4. The lowest BCUT2D eigenvalue weighted by atomic mass is 9.79. The summed E-state index contributed by atoms with van der Waals surface area (Å²) >= 11 is 3.44. The monoisotopic (exact) mass is 550 g/mol. The van der Waals surface area contributed by atoms with E-state index < -0.39 is 27.6 Å². The van der Waals surface area contributed by atoms with E-state index in [4.69, 9.17) is 0 Å². The summed E-state index contributed by atoms with van der Waals surface area (Å²) in [4.78, 5) is 4.31. The minimum Gasteiger partial charge on any atom is -0.331 e. The number of nitrogens with zero attached hydrogens (tertiary/aromatic N) is 2. The highest BCUT2D eigenvalue weighted by Crippen LogP contribution is 2.46. The molecule has 0 saturated heterocycles. The molecule has 34 heavy (non-hydrogen) atoms. The van der Waals surface area contributed by atoms with E-state index in [2.05, 4.69) is 20.9 Å². The van der Waals surface area contributed by atoms with E-state index in [1.54, 1.807) is 6.20 Å². The average molecular weight is 551 g/mol.